The molecule has 0 aromatic carbocycles. The lowest BCUT2D eigenvalue weighted by atomic mass is 9.78. The van der Waals surface area contributed by atoms with Crippen LogP contribution in [0.4, 0.5) is 0 Å². The molecule has 0 bridgehead atoms. The summed E-state index contributed by atoms with van der Waals surface area (Å²) in [6.07, 6.45) is 4.86. The Kier molecular flexibility index (Phi) is 3.70. The molecule has 1 atom stereocenters. The molecule has 2 rings (SSSR count). The van der Waals surface area contributed by atoms with Gasteiger partial charge < -0.3 is 4.74 Å². The second kappa shape index (κ2) is 4.99. The van der Waals surface area contributed by atoms with Crippen LogP contribution >= 0.6 is 0 Å². The van der Waals surface area contributed by atoms with E-state index in [-0.39, 0.29) is 23.2 Å². The summed E-state index contributed by atoms with van der Waals surface area (Å²) < 4.78 is 7.11. The number of ketones is 1. The van der Waals surface area contributed by atoms with Gasteiger partial charge in [0.1, 0.15) is 5.69 Å². The van der Waals surface area contributed by atoms with Crippen molar-refractivity contribution in [1.29, 1.82) is 0 Å². The first-order chi connectivity index (χ1) is 8.88. The van der Waals surface area contributed by atoms with Crippen molar-refractivity contribution in [2.45, 2.75) is 53.0 Å². The van der Waals surface area contributed by atoms with Crippen LogP contribution in [0, 0.1) is 11.3 Å². The zero-order chi connectivity index (χ0) is 14.2. The molecule has 0 N–H and O–H groups in total. The predicted octanol–water partition coefficient (Wildman–Crippen LogP) is 3.48. The smallest absolute Gasteiger partial charge is 0.188 e. The lowest BCUT2D eigenvalue weighted by molar-refractivity contribution is 0.0822. The van der Waals surface area contributed by atoms with Crippen molar-refractivity contribution in [3.8, 4) is 5.75 Å². The van der Waals surface area contributed by atoms with Gasteiger partial charge in [0.25, 0.3) is 0 Å². The fraction of sp³-hybridized carbons (Fsp3) is 0.733. The fourth-order valence-corrected chi connectivity index (χ4v) is 3.10. The molecule has 0 radical (unpaired) electrons. The molecule has 0 aliphatic heterocycles. The number of ether oxygens (including phenoxy) is 1. The van der Waals surface area contributed by atoms with E-state index >= 15 is 0 Å². The highest BCUT2D eigenvalue weighted by atomic mass is 16.5. The molecule has 106 valence electrons. The molecule has 1 heterocycles. The number of carbonyl (C=O) groups is 1. The Balaban J connectivity index is 2.40. The first-order valence-electron chi connectivity index (χ1n) is 7.04. The molecular weight excluding hydrogens is 240 g/mol. The molecule has 0 amide bonds. The Labute approximate surface area is 115 Å². The van der Waals surface area contributed by atoms with Crippen LogP contribution in [0.25, 0.3) is 0 Å². The molecule has 0 saturated heterocycles. The van der Waals surface area contributed by atoms with Crippen LogP contribution in [0.2, 0.25) is 0 Å². The summed E-state index contributed by atoms with van der Waals surface area (Å²) in [5, 5.41) is 4.30. The summed E-state index contributed by atoms with van der Waals surface area (Å²) in [4.78, 5) is 12.9. The minimum Gasteiger partial charge on any atom is -0.493 e. The minimum absolute atomic E-state index is 0.0776. The third-order valence-corrected chi connectivity index (χ3v) is 4.28. The van der Waals surface area contributed by atoms with Crippen LogP contribution in [-0.2, 0) is 0 Å². The maximum absolute atomic E-state index is 12.9. The highest BCUT2D eigenvalue weighted by molar-refractivity contribution is 5.99. The topological polar surface area (TPSA) is 44.1 Å². The maximum Gasteiger partial charge on any atom is 0.188 e. The lowest BCUT2D eigenvalue weighted by Gasteiger charge is -2.26. The van der Waals surface area contributed by atoms with Crippen LogP contribution in [0.15, 0.2) is 6.20 Å². The number of carbonyl (C=O) groups excluding carboxylic acids is 1. The van der Waals surface area contributed by atoms with E-state index in [0.717, 1.165) is 19.3 Å². The molecule has 1 saturated carbocycles. The largest absolute Gasteiger partial charge is 0.493 e. The highest BCUT2D eigenvalue weighted by Gasteiger charge is 2.41. The van der Waals surface area contributed by atoms with Gasteiger partial charge >= 0.3 is 0 Å². The van der Waals surface area contributed by atoms with Crippen LogP contribution in [-0.4, -0.2) is 22.7 Å². The number of rotatable bonds is 4. The summed E-state index contributed by atoms with van der Waals surface area (Å²) in [7, 11) is 1.60. The Morgan fingerprint density at radius 1 is 1.53 bits per heavy atom. The van der Waals surface area contributed by atoms with Gasteiger partial charge in [0, 0.05) is 12.0 Å². The molecule has 1 aliphatic rings. The van der Waals surface area contributed by atoms with Gasteiger partial charge in [-0.1, -0.05) is 20.3 Å². The quantitative estimate of drug-likeness (QED) is 0.782. The lowest BCUT2D eigenvalue weighted by Crippen LogP contribution is -2.28. The van der Waals surface area contributed by atoms with Crippen molar-refractivity contribution in [3.05, 3.63) is 11.9 Å². The number of methoxy groups -OCH3 is 1. The Morgan fingerprint density at radius 2 is 2.21 bits per heavy atom. The molecule has 1 fully saturated rings. The number of hydrogen-bond donors (Lipinski definition) is 0. The third kappa shape index (κ3) is 2.40. The van der Waals surface area contributed by atoms with Gasteiger partial charge in [-0.3, -0.25) is 9.48 Å². The van der Waals surface area contributed by atoms with Crippen molar-refractivity contribution in [2.24, 2.45) is 11.3 Å². The fourth-order valence-electron chi connectivity index (χ4n) is 3.10. The minimum atomic E-state index is 0.0776. The number of hydrogen-bond acceptors (Lipinski definition) is 3. The van der Waals surface area contributed by atoms with E-state index in [9.17, 15) is 4.79 Å². The van der Waals surface area contributed by atoms with Gasteiger partial charge in [-0.05, 0) is 32.1 Å². The van der Waals surface area contributed by atoms with Crippen LogP contribution < -0.4 is 4.74 Å². The summed E-state index contributed by atoms with van der Waals surface area (Å²) in [5.74, 6) is 0.863. The predicted molar refractivity (Wildman–Crippen MR) is 74.6 cm³/mol. The Bertz CT molecular complexity index is 474. The SMILES string of the molecule is COc1cnn(C(C)C)c1C(=O)C1CCCC1(C)C. The highest BCUT2D eigenvalue weighted by Crippen LogP contribution is 2.45. The molecule has 1 unspecified atom stereocenters. The molecule has 0 spiro atoms. The van der Waals surface area contributed by atoms with Crippen LogP contribution in [0.1, 0.15) is 63.5 Å². The average molecular weight is 264 g/mol. The van der Waals surface area contributed by atoms with Gasteiger partial charge in [-0.25, -0.2) is 0 Å². The van der Waals surface area contributed by atoms with Gasteiger partial charge in [0.05, 0.1) is 13.3 Å². The Hall–Kier alpha value is -1.32. The summed E-state index contributed by atoms with van der Waals surface area (Å²) in [6.45, 7) is 8.43. The number of Topliss-reactive ketones (excluding diaryl/α,β-unsaturated/α-hetero) is 1. The summed E-state index contributed by atoms with van der Waals surface area (Å²) in [5.41, 5.74) is 0.714. The Morgan fingerprint density at radius 3 is 2.68 bits per heavy atom. The van der Waals surface area contributed by atoms with Crippen LogP contribution in [0.3, 0.4) is 0 Å². The zero-order valence-electron chi connectivity index (χ0n) is 12.6. The molecule has 4 nitrogen and oxygen atoms in total. The van der Waals surface area contributed by atoms with E-state index in [1.165, 1.54) is 0 Å². The number of nitrogens with zero attached hydrogens (tertiary/aromatic N) is 2. The molecule has 19 heavy (non-hydrogen) atoms. The van der Waals surface area contributed by atoms with Crippen molar-refractivity contribution < 1.29 is 9.53 Å². The standard InChI is InChI=1S/C15H24N2O2/c1-10(2)17-13(12(19-5)9-16-17)14(18)11-7-6-8-15(11,3)4/h9-11H,6-8H2,1-5H3. The first-order valence-corrected chi connectivity index (χ1v) is 7.04. The van der Waals surface area contributed by atoms with Gasteiger partial charge in [0.15, 0.2) is 11.5 Å². The van der Waals surface area contributed by atoms with Gasteiger partial charge in [-0.2, -0.15) is 5.10 Å². The van der Waals surface area contributed by atoms with Crippen molar-refractivity contribution in [1.82, 2.24) is 9.78 Å². The normalized spacial score (nSPS) is 21.9. The van der Waals surface area contributed by atoms with Crippen molar-refractivity contribution in [2.75, 3.05) is 7.11 Å². The molecule has 4 heteroatoms. The van der Waals surface area contributed by atoms with E-state index in [2.05, 4.69) is 18.9 Å². The van der Waals surface area contributed by atoms with E-state index < -0.39 is 0 Å². The second-order valence-corrected chi connectivity index (χ2v) is 6.40. The number of aromatic nitrogens is 2. The van der Waals surface area contributed by atoms with Gasteiger partial charge in [0.2, 0.25) is 0 Å². The summed E-state index contributed by atoms with van der Waals surface area (Å²) in [6, 6.07) is 0.160. The average Bonchev–Trinajstić information content (AvgIpc) is 2.90. The van der Waals surface area contributed by atoms with E-state index in [1.54, 1.807) is 18.0 Å². The van der Waals surface area contributed by atoms with Crippen LogP contribution in [0.5, 0.6) is 5.75 Å². The van der Waals surface area contributed by atoms with E-state index in [0.29, 0.717) is 11.4 Å². The van der Waals surface area contributed by atoms with Crippen molar-refractivity contribution in [3.63, 3.8) is 0 Å². The second-order valence-electron chi connectivity index (χ2n) is 6.40. The molecule has 1 aromatic heterocycles. The zero-order valence-corrected chi connectivity index (χ0v) is 12.6. The monoisotopic (exact) mass is 264 g/mol. The molecule has 1 aliphatic carbocycles. The van der Waals surface area contributed by atoms with E-state index in [1.807, 2.05) is 13.8 Å². The van der Waals surface area contributed by atoms with E-state index in [4.69, 9.17) is 4.74 Å². The third-order valence-electron chi connectivity index (χ3n) is 4.28. The first kappa shape index (κ1) is 14.1. The maximum atomic E-state index is 12.9. The molecular formula is C15H24N2O2. The molecule has 1 aromatic rings. The van der Waals surface area contributed by atoms with Crippen molar-refractivity contribution >= 4 is 5.78 Å². The van der Waals surface area contributed by atoms with Gasteiger partial charge in [-0.15, -0.1) is 0 Å². The summed E-state index contributed by atoms with van der Waals surface area (Å²) >= 11 is 0.